The van der Waals surface area contributed by atoms with Gasteiger partial charge in [-0.15, -0.1) is 0 Å². The molecule has 1 aliphatic heterocycles. The Hall–Kier alpha value is -2.22. The van der Waals surface area contributed by atoms with Crippen molar-refractivity contribution in [2.75, 3.05) is 26.2 Å². The van der Waals surface area contributed by atoms with E-state index in [0.717, 1.165) is 44.9 Å². The van der Waals surface area contributed by atoms with Crippen molar-refractivity contribution in [1.82, 2.24) is 20.7 Å². The maximum atomic E-state index is 11.2. The van der Waals surface area contributed by atoms with Crippen molar-refractivity contribution in [1.29, 1.82) is 0 Å². The standard InChI is InChI=1S/C23H32N4O3/c28-22(26-29)13-19-16-30-23(25-19)7-4-10-27-11-8-17(9-12-27)15-24-21-14-20(21)18-5-2-1-3-6-18/h1-3,5-6,16-17,20-21,24,29H,4,7-15H2,(H,26,28). The third kappa shape index (κ3) is 5.90. The zero-order valence-electron chi connectivity index (χ0n) is 17.4. The summed E-state index contributed by atoms with van der Waals surface area (Å²) < 4.78 is 5.42. The first-order valence-corrected chi connectivity index (χ1v) is 11.1. The number of nitrogens with one attached hydrogen (secondary N) is 2. The van der Waals surface area contributed by atoms with Crippen LogP contribution in [0.2, 0.25) is 0 Å². The minimum absolute atomic E-state index is 0.0362. The number of piperidine rings is 1. The van der Waals surface area contributed by atoms with E-state index in [1.54, 1.807) is 5.48 Å². The van der Waals surface area contributed by atoms with E-state index in [1.165, 1.54) is 31.1 Å². The molecule has 1 saturated carbocycles. The molecule has 162 valence electrons. The highest BCUT2D eigenvalue weighted by Crippen LogP contribution is 2.40. The van der Waals surface area contributed by atoms with E-state index in [-0.39, 0.29) is 6.42 Å². The molecule has 2 aromatic rings. The number of carbonyl (C=O) groups excluding carboxylic acids is 1. The Morgan fingerprint density at radius 1 is 1.23 bits per heavy atom. The molecule has 2 fully saturated rings. The maximum Gasteiger partial charge on any atom is 0.249 e. The number of oxazole rings is 1. The second-order valence-electron chi connectivity index (χ2n) is 8.60. The number of hydrogen-bond acceptors (Lipinski definition) is 6. The quantitative estimate of drug-likeness (QED) is 0.410. The molecule has 1 aliphatic carbocycles. The van der Waals surface area contributed by atoms with Gasteiger partial charge < -0.3 is 14.6 Å². The molecule has 30 heavy (non-hydrogen) atoms. The molecule has 1 saturated heterocycles. The lowest BCUT2D eigenvalue weighted by Gasteiger charge is -2.32. The molecule has 0 bridgehead atoms. The van der Waals surface area contributed by atoms with Crippen molar-refractivity contribution in [3.63, 3.8) is 0 Å². The number of nitrogens with zero attached hydrogens (tertiary/aromatic N) is 2. The highest BCUT2D eigenvalue weighted by Gasteiger charge is 2.38. The second-order valence-corrected chi connectivity index (χ2v) is 8.60. The summed E-state index contributed by atoms with van der Waals surface area (Å²) in [7, 11) is 0. The number of hydroxylamine groups is 1. The molecule has 0 radical (unpaired) electrons. The molecule has 2 atom stereocenters. The van der Waals surface area contributed by atoms with Crippen molar-refractivity contribution in [2.24, 2.45) is 5.92 Å². The van der Waals surface area contributed by atoms with Crippen molar-refractivity contribution < 1.29 is 14.4 Å². The predicted molar refractivity (Wildman–Crippen MR) is 113 cm³/mol. The molecule has 0 spiro atoms. The molecular formula is C23H32N4O3. The molecule has 3 N–H and O–H groups in total. The van der Waals surface area contributed by atoms with E-state index in [1.807, 2.05) is 0 Å². The fraction of sp³-hybridized carbons (Fsp3) is 0.565. The van der Waals surface area contributed by atoms with Crippen LogP contribution < -0.4 is 10.8 Å². The van der Waals surface area contributed by atoms with E-state index < -0.39 is 5.91 Å². The Kier molecular flexibility index (Phi) is 7.15. The third-order valence-electron chi connectivity index (χ3n) is 6.32. The van der Waals surface area contributed by atoms with Crippen LogP contribution in [-0.4, -0.2) is 53.2 Å². The molecule has 7 heteroatoms. The number of amides is 1. The smallest absolute Gasteiger partial charge is 0.249 e. The van der Waals surface area contributed by atoms with Crippen molar-refractivity contribution in [3.8, 4) is 0 Å². The van der Waals surface area contributed by atoms with Crippen LogP contribution in [0.3, 0.4) is 0 Å². The number of rotatable bonds is 10. The second kappa shape index (κ2) is 10.2. The summed E-state index contributed by atoms with van der Waals surface area (Å²) in [6, 6.07) is 11.5. The number of carbonyl (C=O) groups is 1. The van der Waals surface area contributed by atoms with E-state index in [9.17, 15) is 4.79 Å². The van der Waals surface area contributed by atoms with E-state index in [4.69, 9.17) is 9.62 Å². The summed E-state index contributed by atoms with van der Waals surface area (Å²) in [6.45, 7) is 4.51. The van der Waals surface area contributed by atoms with Crippen LogP contribution in [-0.2, 0) is 17.6 Å². The molecule has 7 nitrogen and oxygen atoms in total. The van der Waals surface area contributed by atoms with Crippen LogP contribution in [0.4, 0.5) is 0 Å². The molecule has 1 amide bonds. The Bertz CT molecular complexity index is 802. The predicted octanol–water partition coefficient (Wildman–Crippen LogP) is 2.51. The Balaban J connectivity index is 1.08. The van der Waals surface area contributed by atoms with Gasteiger partial charge in [0, 0.05) is 18.4 Å². The van der Waals surface area contributed by atoms with Crippen LogP contribution in [0.15, 0.2) is 41.0 Å². The molecule has 1 aromatic carbocycles. The van der Waals surface area contributed by atoms with Crippen LogP contribution >= 0.6 is 0 Å². The Morgan fingerprint density at radius 3 is 2.80 bits per heavy atom. The molecule has 2 heterocycles. The van der Waals surface area contributed by atoms with Gasteiger partial charge in [-0.05, 0) is 63.3 Å². The number of likely N-dealkylation sites (tertiary alicyclic amines) is 1. The van der Waals surface area contributed by atoms with Gasteiger partial charge in [-0.1, -0.05) is 30.3 Å². The summed E-state index contributed by atoms with van der Waals surface area (Å²) in [5.41, 5.74) is 3.63. The highest BCUT2D eigenvalue weighted by molar-refractivity contribution is 5.76. The molecule has 1 aromatic heterocycles. The minimum Gasteiger partial charge on any atom is -0.449 e. The van der Waals surface area contributed by atoms with Gasteiger partial charge in [0.15, 0.2) is 5.89 Å². The van der Waals surface area contributed by atoms with Crippen molar-refractivity contribution in [3.05, 3.63) is 53.7 Å². The van der Waals surface area contributed by atoms with Gasteiger partial charge >= 0.3 is 0 Å². The van der Waals surface area contributed by atoms with Gasteiger partial charge in [-0.3, -0.25) is 10.0 Å². The molecule has 2 aliphatic rings. The summed E-state index contributed by atoms with van der Waals surface area (Å²) in [4.78, 5) is 18.0. The number of aromatic nitrogens is 1. The van der Waals surface area contributed by atoms with Gasteiger partial charge in [0.1, 0.15) is 6.26 Å². The first kappa shape index (κ1) is 21.0. The van der Waals surface area contributed by atoms with E-state index in [2.05, 4.69) is 45.5 Å². The molecule has 2 unspecified atom stereocenters. The molecule has 4 rings (SSSR count). The number of benzene rings is 1. The normalized spacial score (nSPS) is 22.2. The molecular weight excluding hydrogens is 380 g/mol. The number of aryl methyl sites for hydroxylation is 1. The number of hydrogen-bond donors (Lipinski definition) is 3. The van der Waals surface area contributed by atoms with Gasteiger partial charge in [0.25, 0.3) is 0 Å². The van der Waals surface area contributed by atoms with Crippen LogP contribution in [0.1, 0.15) is 48.7 Å². The lowest BCUT2D eigenvalue weighted by atomic mass is 9.96. The minimum atomic E-state index is -0.482. The first-order chi connectivity index (χ1) is 14.7. The Labute approximate surface area is 177 Å². The fourth-order valence-corrected chi connectivity index (χ4v) is 4.42. The van der Waals surface area contributed by atoms with Crippen molar-refractivity contribution in [2.45, 2.75) is 50.5 Å². The third-order valence-corrected chi connectivity index (χ3v) is 6.32. The van der Waals surface area contributed by atoms with Gasteiger partial charge in [-0.25, -0.2) is 10.5 Å². The topological polar surface area (TPSA) is 90.6 Å². The van der Waals surface area contributed by atoms with Gasteiger partial charge in [0.05, 0.1) is 12.1 Å². The average molecular weight is 413 g/mol. The first-order valence-electron chi connectivity index (χ1n) is 11.1. The van der Waals surface area contributed by atoms with Gasteiger partial charge in [-0.2, -0.15) is 0 Å². The van der Waals surface area contributed by atoms with Crippen LogP contribution in [0.5, 0.6) is 0 Å². The highest BCUT2D eigenvalue weighted by atomic mass is 16.5. The lowest BCUT2D eigenvalue weighted by Crippen LogP contribution is -2.38. The zero-order valence-corrected chi connectivity index (χ0v) is 17.4. The maximum absolute atomic E-state index is 11.2. The van der Waals surface area contributed by atoms with E-state index in [0.29, 0.717) is 23.5 Å². The summed E-state index contributed by atoms with van der Waals surface area (Å²) >= 11 is 0. The Morgan fingerprint density at radius 2 is 2.03 bits per heavy atom. The average Bonchev–Trinajstić information content (AvgIpc) is 3.44. The van der Waals surface area contributed by atoms with E-state index >= 15 is 0 Å². The zero-order chi connectivity index (χ0) is 20.8. The summed E-state index contributed by atoms with van der Waals surface area (Å²) in [6.07, 6.45) is 7.08. The van der Waals surface area contributed by atoms with Crippen molar-refractivity contribution >= 4 is 5.91 Å². The van der Waals surface area contributed by atoms with Gasteiger partial charge in [0.2, 0.25) is 5.91 Å². The largest absolute Gasteiger partial charge is 0.449 e. The van der Waals surface area contributed by atoms with Crippen LogP contribution in [0.25, 0.3) is 0 Å². The lowest BCUT2D eigenvalue weighted by molar-refractivity contribution is -0.128. The monoisotopic (exact) mass is 412 g/mol. The summed E-state index contributed by atoms with van der Waals surface area (Å²) in [5.74, 6) is 1.67. The van der Waals surface area contributed by atoms with Crippen LogP contribution in [0, 0.1) is 5.92 Å². The summed E-state index contributed by atoms with van der Waals surface area (Å²) in [5, 5.41) is 12.4. The fourth-order valence-electron chi connectivity index (χ4n) is 4.42. The SMILES string of the molecule is O=C(Cc1coc(CCCN2CCC(CNC3CC3c3ccccc3)CC2)n1)NO.